The zero-order chi connectivity index (χ0) is 16.4. The molecule has 0 amide bonds. The van der Waals surface area contributed by atoms with Gasteiger partial charge >= 0.3 is 12.6 Å². The van der Waals surface area contributed by atoms with Crippen LogP contribution in [0.25, 0.3) is 0 Å². The number of carbonyl (C=O) groups is 1. The van der Waals surface area contributed by atoms with Crippen LogP contribution >= 0.6 is 18.0 Å². The SMILES string of the molecule is CCC(C)SP(=O)(N=CNc1ccccc1)NCC(=O)OC. The first-order chi connectivity index (χ1) is 10.5. The summed E-state index contributed by atoms with van der Waals surface area (Å²) in [5, 5.41) is 5.82. The fourth-order valence-electron chi connectivity index (χ4n) is 1.37. The van der Waals surface area contributed by atoms with Gasteiger partial charge in [-0.3, -0.25) is 9.36 Å². The number of anilines is 1. The van der Waals surface area contributed by atoms with E-state index in [0.29, 0.717) is 0 Å². The maximum Gasteiger partial charge on any atom is 0.320 e. The summed E-state index contributed by atoms with van der Waals surface area (Å²) in [7, 11) is 1.29. The lowest BCUT2D eigenvalue weighted by molar-refractivity contribution is -0.139. The number of ether oxygens (including phenoxy) is 1. The molecular weight excluding hydrogens is 321 g/mol. The number of carbonyl (C=O) groups excluding carboxylic acids is 1. The number of nitrogens with one attached hydrogen (secondary N) is 2. The molecule has 0 spiro atoms. The monoisotopic (exact) mass is 343 g/mol. The number of hydrogen-bond donors (Lipinski definition) is 2. The van der Waals surface area contributed by atoms with Gasteiger partial charge < -0.3 is 10.1 Å². The average Bonchev–Trinajstić information content (AvgIpc) is 2.53. The summed E-state index contributed by atoms with van der Waals surface area (Å²) in [5.41, 5.74) is 0.847. The second-order valence-electron chi connectivity index (χ2n) is 4.51. The molecule has 1 aromatic carbocycles. The van der Waals surface area contributed by atoms with Crippen LogP contribution in [-0.2, 0) is 14.1 Å². The fourth-order valence-corrected chi connectivity index (χ4v) is 5.39. The van der Waals surface area contributed by atoms with E-state index in [0.717, 1.165) is 12.1 Å². The quantitative estimate of drug-likeness (QED) is 0.309. The van der Waals surface area contributed by atoms with Crippen LogP contribution in [-0.4, -0.2) is 31.2 Å². The lowest BCUT2D eigenvalue weighted by atomic mass is 10.3. The van der Waals surface area contributed by atoms with Crippen molar-refractivity contribution in [2.75, 3.05) is 19.0 Å². The van der Waals surface area contributed by atoms with Crippen molar-refractivity contribution in [3.8, 4) is 0 Å². The Morgan fingerprint density at radius 2 is 2.14 bits per heavy atom. The van der Waals surface area contributed by atoms with Crippen LogP contribution in [0.3, 0.4) is 0 Å². The van der Waals surface area contributed by atoms with Gasteiger partial charge in [0.05, 0.1) is 13.4 Å². The van der Waals surface area contributed by atoms with Crippen LogP contribution in [0, 0.1) is 0 Å². The van der Waals surface area contributed by atoms with Crippen molar-refractivity contribution >= 4 is 36.0 Å². The summed E-state index contributed by atoms with van der Waals surface area (Å²) in [4.78, 5) is 11.2. The normalized spacial score (nSPS) is 15.2. The molecule has 0 saturated carbocycles. The maximum atomic E-state index is 12.8. The molecule has 6 nitrogen and oxygen atoms in total. The van der Waals surface area contributed by atoms with E-state index in [-0.39, 0.29) is 11.8 Å². The highest BCUT2D eigenvalue weighted by molar-refractivity contribution is 8.57. The largest absolute Gasteiger partial charge is 0.468 e. The number of esters is 1. The fraction of sp³-hybridized carbons (Fsp3) is 0.429. The van der Waals surface area contributed by atoms with E-state index in [1.165, 1.54) is 24.8 Å². The number of rotatable bonds is 9. The Hall–Kier alpha value is -1.30. The molecule has 0 saturated heterocycles. The Labute approximate surface area is 135 Å². The smallest absolute Gasteiger partial charge is 0.320 e. The van der Waals surface area contributed by atoms with Crippen LogP contribution in [0.1, 0.15) is 20.3 Å². The van der Waals surface area contributed by atoms with Crippen molar-refractivity contribution in [1.82, 2.24) is 5.09 Å². The minimum atomic E-state index is -3.12. The standard InChI is InChI=1S/C14H22N3O3PS/c1-4-12(2)22-21(19,16-10-14(18)20-3)17-11-15-13-8-6-5-7-9-13/h5-9,11-12H,4,10H2,1-3H3,(H2,15,16,17,19). The second-order valence-corrected chi connectivity index (χ2v) is 9.23. The lowest BCUT2D eigenvalue weighted by Crippen LogP contribution is -2.20. The number of benzene rings is 1. The molecule has 0 aromatic heterocycles. The van der Waals surface area contributed by atoms with E-state index in [4.69, 9.17) is 0 Å². The predicted octanol–water partition coefficient (Wildman–Crippen LogP) is 3.53. The van der Waals surface area contributed by atoms with Gasteiger partial charge in [-0.2, -0.15) is 4.76 Å². The zero-order valence-corrected chi connectivity index (χ0v) is 14.7. The highest BCUT2D eigenvalue weighted by atomic mass is 32.7. The molecule has 1 rings (SSSR count). The molecule has 0 fully saturated rings. The predicted molar refractivity (Wildman–Crippen MR) is 93.5 cm³/mol. The average molecular weight is 343 g/mol. The van der Waals surface area contributed by atoms with E-state index in [1.54, 1.807) is 0 Å². The molecule has 8 heteroatoms. The first kappa shape index (κ1) is 18.7. The number of nitrogens with zero attached hydrogens (tertiary/aromatic N) is 1. The van der Waals surface area contributed by atoms with E-state index in [1.807, 2.05) is 44.2 Å². The molecule has 0 aliphatic carbocycles. The molecule has 0 bridgehead atoms. The Bertz CT molecular complexity index is 539. The zero-order valence-electron chi connectivity index (χ0n) is 13.0. The van der Waals surface area contributed by atoms with Gasteiger partial charge in [-0.05, 0) is 18.6 Å². The highest BCUT2D eigenvalue weighted by Gasteiger charge is 2.24. The topological polar surface area (TPSA) is 79.8 Å². The Kier molecular flexibility index (Phi) is 8.24. The lowest BCUT2D eigenvalue weighted by Gasteiger charge is -2.17. The Morgan fingerprint density at radius 1 is 1.45 bits per heavy atom. The number of methoxy groups -OCH3 is 1. The maximum absolute atomic E-state index is 12.8. The van der Waals surface area contributed by atoms with Crippen molar-refractivity contribution in [3.63, 3.8) is 0 Å². The van der Waals surface area contributed by atoms with Gasteiger partial charge in [0.25, 0.3) is 0 Å². The summed E-state index contributed by atoms with van der Waals surface area (Å²) < 4.78 is 21.5. The van der Waals surface area contributed by atoms with Gasteiger partial charge in [0.1, 0.15) is 6.54 Å². The second kappa shape index (κ2) is 9.66. The third-order valence-electron chi connectivity index (χ3n) is 2.76. The first-order valence-electron chi connectivity index (χ1n) is 6.95. The molecule has 22 heavy (non-hydrogen) atoms. The highest BCUT2D eigenvalue weighted by Crippen LogP contribution is 2.58. The molecule has 0 aliphatic rings. The van der Waals surface area contributed by atoms with Crippen molar-refractivity contribution < 1.29 is 14.1 Å². The van der Waals surface area contributed by atoms with Crippen molar-refractivity contribution in [2.24, 2.45) is 4.76 Å². The molecule has 0 aliphatic heterocycles. The summed E-state index contributed by atoms with van der Waals surface area (Å²) in [6, 6.07) is 9.43. The van der Waals surface area contributed by atoms with E-state index >= 15 is 0 Å². The van der Waals surface area contributed by atoms with Gasteiger partial charge in [-0.25, -0.2) is 5.09 Å². The summed E-state index contributed by atoms with van der Waals surface area (Å²) in [5.74, 6) is -0.476. The minimum absolute atomic E-state index is 0.139. The van der Waals surface area contributed by atoms with E-state index in [9.17, 15) is 9.36 Å². The van der Waals surface area contributed by atoms with Gasteiger partial charge in [0.15, 0.2) is 0 Å². The third-order valence-corrected chi connectivity index (χ3v) is 7.33. The molecule has 2 atom stereocenters. The van der Waals surface area contributed by atoms with Crippen molar-refractivity contribution in [2.45, 2.75) is 25.5 Å². The van der Waals surface area contributed by atoms with Crippen LogP contribution < -0.4 is 10.4 Å². The van der Waals surface area contributed by atoms with Crippen LogP contribution in [0.15, 0.2) is 35.1 Å². The summed E-state index contributed by atoms with van der Waals surface area (Å²) in [6.45, 7) is 0.715. The molecule has 122 valence electrons. The molecule has 1 aromatic rings. The summed E-state index contributed by atoms with van der Waals surface area (Å²) >= 11 is 1.23. The van der Waals surface area contributed by atoms with Gasteiger partial charge in [0, 0.05) is 10.9 Å². The molecule has 2 N–H and O–H groups in total. The van der Waals surface area contributed by atoms with Crippen molar-refractivity contribution in [3.05, 3.63) is 30.3 Å². The molecule has 0 radical (unpaired) electrons. The van der Waals surface area contributed by atoms with Crippen LogP contribution in [0.5, 0.6) is 0 Å². The van der Waals surface area contributed by atoms with Gasteiger partial charge in [-0.15, -0.1) is 0 Å². The summed E-state index contributed by atoms with van der Waals surface area (Å²) in [6.07, 6.45) is 2.26. The first-order valence-corrected chi connectivity index (χ1v) is 10.1. The minimum Gasteiger partial charge on any atom is -0.468 e. The van der Waals surface area contributed by atoms with E-state index < -0.39 is 12.6 Å². The van der Waals surface area contributed by atoms with Gasteiger partial charge in [0.2, 0.25) is 0 Å². The van der Waals surface area contributed by atoms with E-state index in [2.05, 4.69) is 19.9 Å². The van der Waals surface area contributed by atoms with Crippen molar-refractivity contribution in [1.29, 1.82) is 0 Å². The third kappa shape index (κ3) is 7.11. The Morgan fingerprint density at radius 3 is 2.73 bits per heavy atom. The van der Waals surface area contributed by atoms with Crippen LogP contribution in [0.4, 0.5) is 5.69 Å². The van der Waals surface area contributed by atoms with Gasteiger partial charge in [-0.1, -0.05) is 43.4 Å². The Balaban J connectivity index is 2.71. The molecule has 0 heterocycles. The molecular formula is C14H22N3O3PS. The number of hydrogen-bond acceptors (Lipinski definition) is 4. The number of para-hydroxylation sites is 1. The molecule has 2 unspecified atom stereocenters. The van der Waals surface area contributed by atoms with Crippen LogP contribution in [0.2, 0.25) is 0 Å².